The Kier molecular flexibility index (Phi) is 4.34. The second-order valence-corrected chi connectivity index (χ2v) is 5.06. The molecule has 1 aliphatic rings. The van der Waals surface area contributed by atoms with Gasteiger partial charge in [0.05, 0.1) is 18.6 Å². The molecular formula is C11H19NO5. The number of carboxylic acid groups (broad SMARTS) is 1. The zero-order chi connectivity index (χ0) is 13.1. The minimum Gasteiger partial charge on any atom is -0.481 e. The van der Waals surface area contributed by atoms with Gasteiger partial charge in [-0.1, -0.05) is 0 Å². The monoisotopic (exact) mass is 245 g/mol. The maximum absolute atomic E-state index is 11.5. The van der Waals surface area contributed by atoms with Gasteiger partial charge in [-0.3, -0.25) is 4.79 Å². The van der Waals surface area contributed by atoms with Crippen LogP contribution in [0.4, 0.5) is 4.79 Å². The highest BCUT2D eigenvalue weighted by Crippen LogP contribution is 2.16. The predicted octanol–water partition coefficient (Wildman–Crippen LogP) is 1.00. The molecule has 0 saturated carbocycles. The van der Waals surface area contributed by atoms with Crippen LogP contribution in [-0.2, 0) is 14.3 Å². The van der Waals surface area contributed by atoms with Crippen molar-refractivity contribution >= 4 is 12.1 Å². The van der Waals surface area contributed by atoms with Crippen LogP contribution in [0.5, 0.6) is 0 Å². The maximum atomic E-state index is 11.5. The summed E-state index contributed by atoms with van der Waals surface area (Å²) in [6.45, 7) is 5.86. The average molecular weight is 245 g/mol. The number of alkyl carbamates (subject to hydrolysis) is 1. The molecular weight excluding hydrogens is 226 g/mol. The van der Waals surface area contributed by atoms with Gasteiger partial charge < -0.3 is 19.9 Å². The van der Waals surface area contributed by atoms with E-state index in [-0.39, 0.29) is 6.61 Å². The molecule has 0 aliphatic carbocycles. The summed E-state index contributed by atoms with van der Waals surface area (Å²) in [5.41, 5.74) is -0.599. The molecule has 0 aromatic rings. The highest BCUT2D eigenvalue weighted by atomic mass is 16.6. The van der Waals surface area contributed by atoms with E-state index < -0.39 is 29.6 Å². The van der Waals surface area contributed by atoms with E-state index in [4.69, 9.17) is 14.6 Å². The fourth-order valence-corrected chi connectivity index (χ4v) is 1.63. The molecule has 6 nitrogen and oxygen atoms in total. The van der Waals surface area contributed by atoms with Crippen molar-refractivity contribution in [3.63, 3.8) is 0 Å². The molecule has 2 atom stereocenters. The number of nitrogens with one attached hydrogen (secondary N) is 1. The molecule has 1 fully saturated rings. The van der Waals surface area contributed by atoms with Gasteiger partial charge in [-0.15, -0.1) is 0 Å². The molecule has 2 N–H and O–H groups in total. The van der Waals surface area contributed by atoms with Crippen molar-refractivity contribution in [3.05, 3.63) is 0 Å². The highest BCUT2D eigenvalue weighted by molar-refractivity contribution is 5.73. The first-order valence-electron chi connectivity index (χ1n) is 5.59. The number of aliphatic carboxylic acids is 1. The number of carbonyl (C=O) groups excluding carboxylic acids is 1. The van der Waals surface area contributed by atoms with Gasteiger partial charge in [0.2, 0.25) is 0 Å². The highest BCUT2D eigenvalue weighted by Gasteiger charge is 2.33. The van der Waals surface area contributed by atoms with Crippen LogP contribution in [0.1, 0.15) is 27.2 Å². The van der Waals surface area contributed by atoms with Gasteiger partial charge in [0.25, 0.3) is 0 Å². The van der Waals surface area contributed by atoms with Crippen molar-refractivity contribution in [1.29, 1.82) is 0 Å². The van der Waals surface area contributed by atoms with E-state index in [0.29, 0.717) is 13.0 Å². The molecule has 98 valence electrons. The Bertz CT molecular complexity index is 297. The third-order valence-corrected chi connectivity index (χ3v) is 2.38. The first kappa shape index (κ1) is 13.8. The van der Waals surface area contributed by atoms with Gasteiger partial charge in [0, 0.05) is 6.61 Å². The molecule has 0 unspecified atom stereocenters. The van der Waals surface area contributed by atoms with Crippen LogP contribution < -0.4 is 5.32 Å². The van der Waals surface area contributed by atoms with Gasteiger partial charge in [-0.2, -0.15) is 0 Å². The van der Waals surface area contributed by atoms with Crippen molar-refractivity contribution in [2.75, 3.05) is 13.2 Å². The van der Waals surface area contributed by atoms with Gasteiger partial charge in [-0.05, 0) is 27.2 Å². The second-order valence-electron chi connectivity index (χ2n) is 5.06. The lowest BCUT2D eigenvalue weighted by Gasteiger charge is -2.30. The first-order valence-corrected chi connectivity index (χ1v) is 5.59. The molecule has 0 aromatic heterocycles. The van der Waals surface area contributed by atoms with Crippen LogP contribution in [0.25, 0.3) is 0 Å². The summed E-state index contributed by atoms with van der Waals surface area (Å²) in [4.78, 5) is 22.5. The summed E-state index contributed by atoms with van der Waals surface area (Å²) in [6.07, 6.45) is -0.213. The van der Waals surface area contributed by atoms with E-state index >= 15 is 0 Å². The van der Waals surface area contributed by atoms with Crippen molar-refractivity contribution < 1.29 is 24.2 Å². The van der Waals surface area contributed by atoms with E-state index in [9.17, 15) is 9.59 Å². The molecule has 17 heavy (non-hydrogen) atoms. The minimum atomic E-state index is -0.922. The van der Waals surface area contributed by atoms with Crippen molar-refractivity contribution in [1.82, 2.24) is 5.32 Å². The molecule has 1 aliphatic heterocycles. The Morgan fingerprint density at radius 2 is 2.06 bits per heavy atom. The predicted molar refractivity (Wildman–Crippen MR) is 59.7 cm³/mol. The molecule has 0 radical (unpaired) electrons. The average Bonchev–Trinajstić information content (AvgIpc) is 2.14. The Morgan fingerprint density at radius 1 is 1.41 bits per heavy atom. The molecule has 1 amide bonds. The number of rotatable bonds is 2. The summed E-state index contributed by atoms with van der Waals surface area (Å²) >= 11 is 0. The third-order valence-electron chi connectivity index (χ3n) is 2.38. The first-order chi connectivity index (χ1) is 7.79. The molecule has 1 heterocycles. The molecule has 6 heteroatoms. The molecule has 0 aromatic carbocycles. The van der Waals surface area contributed by atoms with Gasteiger partial charge in [-0.25, -0.2) is 4.79 Å². The second kappa shape index (κ2) is 5.35. The van der Waals surface area contributed by atoms with E-state index in [2.05, 4.69) is 5.32 Å². The van der Waals surface area contributed by atoms with Gasteiger partial charge >= 0.3 is 12.1 Å². The van der Waals surface area contributed by atoms with Crippen LogP contribution in [0.2, 0.25) is 0 Å². The largest absolute Gasteiger partial charge is 0.481 e. The lowest BCUT2D eigenvalue weighted by atomic mass is 9.95. The van der Waals surface area contributed by atoms with E-state index in [1.54, 1.807) is 20.8 Å². The summed E-state index contributed by atoms with van der Waals surface area (Å²) in [6, 6.07) is -0.531. The van der Waals surface area contributed by atoms with E-state index in [0.717, 1.165) is 0 Å². The zero-order valence-corrected chi connectivity index (χ0v) is 10.4. The smallest absolute Gasteiger partial charge is 0.407 e. The SMILES string of the molecule is CC(C)(C)OC(=O)N[C@H]1COCC[C@@H]1C(=O)O. The summed E-state index contributed by atoms with van der Waals surface area (Å²) in [5.74, 6) is -1.54. The Balaban J connectivity index is 2.53. The number of hydrogen-bond acceptors (Lipinski definition) is 4. The van der Waals surface area contributed by atoms with Crippen LogP contribution in [0, 0.1) is 5.92 Å². The maximum Gasteiger partial charge on any atom is 0.407 e. The van der Waals surface area contributed by atoms with E-state index in [1.807, 2.05) is 0 Å². The third kappa shape index (κ3) is 4.60. The lowest BCUT2D eigenvalue weighted by Crippen LogP contribution is -2.50. The summed E-state index contributed by atoms with van der Waals surface area (Å²) in [7, 11) is 0. The van der Waals surface area contributed by atoms with Crippen molar-refractivity contribution in [3.8, 4) is 0 Å². The molecule has 1 saturated heterocycles. The van der Waals surface area contributed by atoms with Crippen molar-refractivity contribution in [2.24, 2.45) is 5.92 Å². The normalized spacial score (nSPS) is 25.1. The number of ether oxygens (including phenoxy) is 2. The Labute approximate surface area is 100 Å². The van der Waals surface area contributed by atoms with Crippen LogP contribution in [0.15, 0.2) is 0 Å². The van der Waals surface area contributed by atoms with E-state index in [1.165, 1.54) is 0 Å². The minimum absolute atomic E-state index is 0.205. The van der Waals surface area contributed by atoms with Crippen LogP contribution in [-0.4, -0.2) is 42.0 Å². The van der Waals surface area contributed by atoms with Crippen LogP contribution in [0.3, 0.4) is 0 Å². The van der Waals surface area contributed by atoms with Crippen molar-refractivity contribution in [2.45, 2.75) is 38.8 Å². The number of amides is 1. The zero-order valence-electron chi connectivity index (χ0n) is 10.4. The number of carboxylic acids is 1. The Morgan fingerprint density at radius 3 is 2.59 bits per heavy atom. The fraction of sp³-hybridized carbons (Fsp3) is 0.818. The summed E-state index contributed by atoms with van der Waals surface area (Å²) < 4.78 is 10.2. The topological polar surface area (TPSA) is 84.9 Å². The quantitative estimate of drug-likeness (QED) is 0.758. The Hall–Kier alpha value is -1.30. The number of carbonyl (C=O) groups is 2. The van der Waals surface area contributed by atoms with Crippen LogP contribution >= 0.6 is 0 Å². The lowest BCUT2D eigenvalue weighted by molar-refractivity contribution is -0.146. The van der Waals surface area contributed by atoms with Gasteiger partial charge in [0.1, 0.15) is 5.60 Å². The standard InChI is InChI=1S/C11H19NO5/c1-11(2,3)17-10(15)12-8-6-16-5-4-7(8)9(13)14/h7-8H,4-6H2,1-3H3,(H,12,15)(H,13,14)/t7-,8-/m0/s1. The molecule has 1 rings (SSSR count). The molecule has 0 spiro atoms. The summed E-state index contributed by atoms with van der Waals surface area (Å²) in [5, 5.41) is 11.5. The van der Waals surface area contributed by atoms with Gasteiger partial charge in [0.15, 0.2) is 0 Å². The fourth-order valence-electron chi connectivity index (χ4n) is 1.63. The number of hydrogen-bond donors (Lipinski definition) is 2. The molecule has 0 bridgehead atoms.